The molecule has 0 bridgehead atoms. The molecule has 0 radical (unpaired) electrons. The Balaban J connectivity index is 0.00000232. The van der Waals surface area contributed by atoms with Crippen molar-refractivity contribution in [1.29, 1.82) is 0 Å². The Morgan fingerprint density at radius 1 is 1.00 bits per heavy atom. The number of aryl methyl sites for hydroxylation is 1. The van der Waals surface area contributed by atoms with Gasteiger partial charge >= 0.3 is 11.9 Å². The molecule has 1 aromatic rings. The number of hydrogen-bond donors (Lipinski definition) is 0. The van der Waals surface area contributed by atoms with E-state index < -0.39 is 0 Å². The van der Waals surface area contributed by atoms with Gasteiger partial charge in [-0.1, -0.05) is 52.0 Å². The third-order valence-electron chi connectivity index (χ3n) is 3.14. The van der Waals surface area contributed by atoms with Crippen molar-refractivity contribution in [3.63, 3.8) is 0 Å². The van der Waals surface area contributed by atoms with Gasteiger partial charge in [0.15, 0.2) is 0 Å². The van der Waals surface area contributed by atoms with E-state index in [1.165, 1.54) is 18.1 Å². The Morgan fingerprint density at radius 2 is 1.57 bits per heavy atom. The van der Waals surface area contributed by atoms with Crippen LogP contribution in [0.1, 0.15) is 64.5 Å². The number of ether oxygens (including phenoxy) is 2. The summed E-state index contributed by atoms with van der Waals surface area (Å²) in [7, 11) is 0. The van der Waals surface area contributed by atoms with Crippen molar-refractivity contribution in [2.24, 2.45) is 0 Å². The molecule has 0 saturated carbocycles. The maximum atomic E-state index is 11.5. The zero-order chi connectivity index (χ0) is 17.7. The highest BCUT2D eigenvalue weighted by Crippen LogP contribution is 2.15. The fourth-order valence-electron chi connectivity index (χ4n) is 1.92. The van der Waals surface area contributed by atoms with E-state index in [0.29, 0.717) is 12.3 Å². The average Bonchev–Trinajstić information content (AvgIpc) is 2.54. The summed E-state index contributed by atoms with van der Waals surface area (Å²) in [6, 6.07) is 8.50. The van der Waals surface area contributed by atoms with E-state index in [0.717, 1.165) is 12.8 Å². The second kappa shape index (κ2) is 12.7. The predicted molar refractivity (Wildman–Crippen MR) is 92.4 cm³/mol. The molecule has 0 aliphatic heterocycles. The number of carbonyl (C=O) groups is 2. The van der Waals surface area contributed by atoms with E-state index in [1.54, 1.807) is 0 Å². The SMILES string of the molecule is CC.CC(=O)OCCOC(=O)CCCc1ccc(C(C)C)cc1. The van der Waals surface area contributed by atoms with Gasteiger partial charge in [-0.25, -0.2) is 0 Å². The number of rotatable bonds is 8. The second-order valence-electron chi connectivity index (χ2n) is 5.31. The van der Waals surface area contributed by atoms with Crippen molar-refractivity contribution >= 4 is 11.9 Å². The molecule has 0 aliphatic carbocycles. The molecule has 0 aromatic heterocycles. The van der Waals surface area contributed by atoms with E-state index in [2.05, 4.69) is 42.8 Å². The smallest absolute Gasteiger partial charge is 0.305 e. The van der Waals surface area contributed by atoms with Crippen LogP contribution in [0.3, 0.4) is 0 Å². The van der Waals surface area contributed by atoms with Crippen LogP contribution in [0.4, 0.5) is 0 Å². The molecular weight excluding hydrogens is 292 g/mol. The van der Waals surface area contributed by atoms with Crippen molar-refractivity contribution in [1.82, 2.24) is 0 Å². The Morgan fingerprint density at radius 3 is 2.09 bits per heavy atom. The first-order chi connectivity index (χ1) is 11.0. The topological polar surface area (TPSA) is 52.6 Å². The number of benzene rings is 1. The fraction of sp³-hybridized carbons (Fsp3) is 0.579. The van der Waals surface area contributed by atoms with Gasteiger partial charge in [0.25, 0.3) is 0 Å². The minimum absolute atomic E-state index is 0.123. The monoisotopic (exact) mass is 322 g/mol. The molecule has 0 heterocycles. The summed E-state index contributed by atoms with van der Waals surface area (Å²) in [5.41, 5.74) is 2.55. The van der Waals surface area contributed by atoms with Gasteiger partial charge in [0.2, 0.25) is 0 Å². The predicted octanol–water partition coefficient (Wildman–Crippen LogP) is 4.27. The second-order valence-corrected chi connectivity index (χ2v) is 5.31. The van der Waals surface area contributed by atoms with E-state index >= 15 is 0 Å². The lowest BCUT2D eigenvalue weighted by Crippen LogP contribution is -2.12. The zero-order valence-corrected chi connectivity index (χ0v) is 15.1. The standard InChI is InChI=1S/C17H24O4.C2H6/c1-13(2)16-9-7-15(8-10-16)5-4-6-17(19)21-12-11-20-14(3)18;1-2/h7-10,13H,4-6,11-12H2,1-3H3;1-2H3. The van der Waals surface area contributed by atoms with E-state index in [4.69, 9.17) is 4.74 Å². The maximum absolute atomic E-state index is 11.5. The molecule has 4 heteroatoms. The summed E-state index contributed by atoms with van der Waals surface area (Å²) >= 11 is 0. The van der Waals surface area contributed by atoms with Crippen LogP contribution in [-0.2, 0) is 25.5 Å². The Kier molecular flexibility index (Phi) is 11.7. The summed E-state index contributed by atoms with van der Waals surface area (Å²) in [6.07, 6.45) is 2.00. The fourth-order valence-corrected chi connectivity index (χ4v) is 1.92. The Bertz CT molecular complexity index is 449. The molecule has 0 saturated heterocycles. The van der Waals surface area contributed by atoms with Crippen molar-refractivity contribution in [3.8, 4) is 0 Å². The van der Waals surface area contributed by atoms with Crippen molar-refractivity contribution < 1.29 is 19.1 Å². The molecule has 0 fully saturated rings. The summed E-state index contributed by atoms with van der Waals surface area (Å²) in [5.74, 6) is -0.0805. The van der Waals surface area contributed by atoms with Crippen molar-refractivity contribution in [2.75, 3.05) is 13.2 Å². The third kappa shape index (κ3) is 10.5. The van der Waals surface area contributed by atoms with Gasteiger partial charge in [-0.3, -0.25) is 9.59 Å². The first-order valence-electron chi connectivity index (χ1n) is 8.37. The lowest BCUT2D eigenvalue weighted by atomic mass is 10.00. The molecule has 0 unspecified atom stereocenters. The molecular formula is C19H30O4. The zero-order valence-electron chi connectivity index (χ0n) is 15.1. The van der Waals surface area contributed by atoms with Crippen LogP contribution in [0, 0.1) is 0 Å². The summed E-state index contributed by atoms with van der Waals surface area (Å²) in [5, 5.41) is 0. The molecule has 1 rings (SSSR count). The highest BCUT2D eigenvalue weighted by Gasteiger charge is 2.04. The lowest BCUT2D eigenvalue weighted by Gasteiger charge is -2.07. The van der Waals surface area contributed by atoms with Gasteiger partial charge in [0.05, 0.1) is 0 Å². The van der Waals surface area contributed by atoms with Gasteiger partial charge < -0.3 is 9.47 Å². The molecule has 0 amide bonds. The molecule has 0 atom stereocenters. The number of hydrogen-bond acceptors (Lipinski definition) is 4. The van der Waals surface area contributed by atoms with Crippen LogP contribution in [0.2, 0.25) is 0 Å². The number of esters is 2. The summed E-state index contributed by atoms with van der Waals surface area (Å²) < 4.78 is 9.65. The maximum Gasteiger partial charge on any atom is 0.305 e. The summed E-state index contributed by atoms with van der Waals surface area (Å²) in [6.45, 7) is 9.91. The average molecular weight is 322 g/mol. The van der Waals surface area contributed by atoms with E-state index in [1.807, 2.05) is 13.8 Å². The minimum Gasteiger partial charge on any atom is -0.462 e. The summed E-state index contributed by atoms with van der Waals surface area (Å²) in [4.78, 5) is 22.0. The minimum atomic E-state index is -0.365. The van der Waals surface area contributed by atoms with Crippen LogP contribution in [0.5, 0.6) is 0 Å². The highest BCUT2D eigenvalue weighted by atomic mass is 16.6. The first kappa shape index (κ1) is 21.2. The first-order valence-corrected chi connectivity index (χ1v) is 8.37. The van der Waals surface area contributed by atoms with Crippen LogP contribution in [-0.4, -0.2) is 25.2 Å². The van der Waals surface area contributed by atoms with Gasteiger partial charge in [0.1, 0.15) is 13.2 Å². The van der Waals surface area contributed by atoms with Gasteiger partial charge in [0, 0.05) is 13.3 Å². The van der Waals surface area contributed by atoms with Crippen molar-refractivity contribution in [2.45, 2.75) is 59.8 Å². The number of carbonyl (C=O) groups excluding carboxylic acids is 2. The Hall–Kier alpha value is -1.84. The Labute approximate surface area is 140 Å². The molecule has 0 spiro atoms. The molecule has 23 heavy (non-hydrogen) atoms. The van der Waals surface area contributed by atoms with E-state index in [9.17, 15) is 9.59 Å². The molecule has 0 aliphatic rings. The van der Waals surface area contributed by atoms with Crippen LogP contribution in [0.25, 0.3) is 0 Å². The lowest BCUT2D eigenvalue weighted by molar-refractivity contribution is -0.151. The largest absolute Gasteiger partial charge is 0.462 e. The van der Waals surface area contributed by atoms with Crippen LogP contribution in [0.15, 0.2) is 24.3 Å². The molecule has 130 valence electrons. The van der Waals surface area contributed by atoms with Crippen molar-refractivity contribution in [3.05, 3.63) is 35.4 Å². The van der Waals surface area contributed by atoms with Gasteiger partial charge in [-0.2, -0.15) is 0 Å². The van der Waals surface area contributed by atoms with Gasteiger partial charge in [-0.05, 0) is 29.9 Å². The van der Waals surface area contributed by atoms with Gasteiger partial charge in [-0.15, -0.1) is 0 Å². The quantitative estimate of drug-likeness (QED) is 0.530. The van der Waals surface area contributed by atoms with E-state index in [-0.39, 0.29) is 25.2 Å². The normalized spacial score (nSPS) is 9.83. The molecule has 4 nitrogen and oxygen atoms in total. The van der Waals surface area contributed by atoms with Crippen LogP contribution < -0.4 is 0 Å². The molecule has 1 aromatic carbocycles. The van der Waals surface area contributed by atoms with Crippen LogP contribution >= 0.6 is 0 Å². The third-order valence-corrected chi connectivity index (χ3v) is 3.14. The molecule has 0 N–H and O–H groups in total. The highest BCUT2D eigenvalue weighted by molar-refractivity contribution is 5.69.